The molecule has 0 aliphatic carbocycles. The van der Waals surface area contributed by atoms with Gasteiger partial charge in [0.05, 0.1) is 6.04 Å². The number of rotatable bonds is 3. The van der Waals surface area contributed by atoms with Crippen molar-refractivity contribution in [2.45, 2.75) is 12.5 Å². The summed E-state index contributed by atoms with van der Waals surface area (Å²) in [5.41, 5.74) is 6.62. The second-order valence-electron chi connectivity index (χ2n) is 3.00. The third kappa shape index (κ3) is 3.70. The monoisotopic (exact) mass is 478 g/mol. The summed E-state index contributed by atoms with van der Waals surface area (Å²) in [6.45, 7) is 0. The van der Waals surface area contributed by atoms with Crippen LogP contribution in [-0.2, 0) is 11.2 Å². The molecule has 0 fully saturated rings. The molecule has 0 radical (unpaired) electrons. The first-order valence-corrected chi connectivity index (χ1v) is 5.47. The van der Waals surface area contributed by atoms with Crippen molar-refractivity contribution < 1.29 is 9.90 Å². The van der Waals surface area contributed by atoms with Crippen molar-refractivity contribution in [3.05, 3.63) is 29.8 Å². The van der Waals surface area contributed by atoms with Gasteiger partial charge in [0.2, 0.25) is 5.12 Å². The van der Waals surface area contributed by atoms with Gasteiger partial charge in [-0.05, 0) is 30.4 Å². The van der Waals surface area contributed by atoms with Gasteiger partial charge in [0, 0.05) is 0 Å². The molecule has 5 heteroatoms. The summed E-state index contributed by atoms with van der Waals surface area (Å²) in [4.78, 5) is 11.2. The molecule has 0 spiro atoms. The topological polar surface area (TPSA) is 63.3 Å². The molecule has 0 saturated heterocycles. The SMILES string of the molecule is CSC(=O)C(N)Cc1ccc(O)cc1.[Rf]. The molecular formula is C10H13NO2RfS. The number of hydrogen-bond acceptors (Lipinski definition) is 4. The Morgan fingerprint density at radius 3 is 2.47 bits per heavy atom. The Morgan fingerprint density at radius 1 is 1.47 bits per heavy atom. The van der Waals surface area contributed by atoms with E-state index < -0.39 is 6.04 Å². The Hall–Kier alpha value is -2.00. The minimum atomic E-state index is -0.463. The molecular weight excluding hydrogens is 465 g/mol. The number of aromatic hydroxyl groups is 1. The van der Waals surface area contributed by atoms with Gasteiger partial charge in [-0.3, -0.25) is 4.79 Å². The Balaban J connectivity index is 0.00000196. The van der Waals surface area contributed by atoms with E-state index in [9.17, 15) is 4.79 Å². The molecule has 0 amide bonds. The zero-order chi connectivity index (χ0) is 10.6. The van der Waals surface area contributed by atoms with Gasteiger partial charge >= 0.3 is 0 Å². The number of carbonyl (C=O) groups is 1. The van der Waals surface area contributed by atoms with Crippen molar-refractivity contribution in [1.29, 1.82) is 0 Å². The maximum absolute atomic E-state index is 11.2. The van der Waals surface area contributed by atoms with Gasteiger partial charge in [0.1, 0.15) is 5.75 Å². The molecule has 1 atom stereocenters. The predicted molar refractivity (Wildman–Crippen MR) is 58.3 cm³/mol. The molecule has 0 heterocycles. The van der Waals surface area contributed by atoms with Crippen LogP contribution in [0.2, 0.25) is 0 Å². The van der Waals surface area contributed by atoms with Crippen molar-refractivity contribution in [2.75, 3.05) is 6.26 Å². The third-order valence-electron chi connectivity index (χ3n) is 1.90. The van der Waals surface area contributed by atoms with Gasteiger partial charge in [-0.15, -0.1) is 0 Å². The van der Waals surface area contributed by atoms with E-state index in [1.165, 1.54) is 0 Å². The van der Waals surface area contributed by atoms with Crippen molar-refractivity contribution in [3.63, 3.8) is 0 Å². The molecule has 0 aromatic heterocycles. The van der Waals surface area contributed by atoms with Crippen LogP contribution in [0.15, 0.2) is 24.3 Å². The van der Waals surface area contributed by atoms with Crippen LogP contribution in [0.4, 0.5) is 0 Å². The summed E-state index contributed by atoms with van der Waals surface area (Å²) in [7, 11) is 0. The molecule has 78 valence electrons. The minimum absolute atomic E-state index is 0. The van der Waals surface area contributed by atoms with Gasteiger partial charge in [-0.2, -0.15) is 0 Å². The molecule has 0 aliphatic heterocycles. The molecule has 0 bridgehead atoms. The van der Waals surface area contributed by atoms with Crippen LogP contribution in [0, 0.1) is 0 Å². The van der Waals surface area contributed by atoms with Crippen molar-refractivity contribution in [3.8, 4) is 5.75 Å². The third-order valence-corrected chi connectivity index (χ3v) is 2.60. The van der Waals surface area contributed by atoms with Crippen molar-refractivity contribution in [2.24, 2.45) is 5.73 Å². The fourth-order valence-electron chi connectivity index (χ4n) is 1.12. The summed E-state index contributed by atoms with van der Waals surface area (Å²) in [6, 6.07) is 6.25. The van der Waals surface area contributed by atoms with Crippen LogP contribution >= 0.6 is 11.8 Å². The number of carbonyl (C=O) groups excluding carboxylic acids is 1. The van der Waals surface area contributed by atoms with E-state index in [2.05, 4.69) is 0 Å². The van der Waals surface area contributed by atoms with Gasteiger partial charge < -0.3 is 10.8 Å². The molecule has 15 heavy (non-hydrogen) atoms. The van der Waals surface area contributed by atoms with Gasteiger partial charge in [-0.25, -0.2) is 0 Å². The second-order valence-corrected chi connectivity index (χ2v) is 3.81. The summed E-state index contributed by atoms with van der Waals surface area (Å²) in [6.07, 6.45) is 2.24. The van der Waals surface area contributed by atoms with E-state index in [-0.39, 0.29) is 10.9 Å². The zero-order valence-electron chi connectivity index (χ0n) is 8.64. The Labute approximate surface area is 87.3 Å². The van der Waals surface area contributed by atoms with Crippen LogP contribution in [0.5, 0.6) is 5.75 Å². The van der Waals surface area contributed by atoms with E-state index >= 15 is 0 Å². The Bertz CT molecular complexity index is 316. The largest absolute Gasteiger partial charge is 0.508 e. The summed E-state index contributed by atoms with van der Waals surface area (Å²) in [5, 5.41) is 9.03. The fourth-order valence-corrected chi connectivity index (χ4v) is 1.51. The van der Waals surface area contributed by atoms with E-state index in [1.807, 2.05) is 0 Å². The summed E-state index contributed by atoms with van der Waals surface area (Å²) < 4.78 is 0. The number of thioether (sulfide) groups is 1. The quantitative estimate of drug-likeness (QED) is 0.685. The first kappa shape index (κ1) is 13.0. The maximum Gasteiger partial charge on any atom is 0.205 e. The Kier molecular flexibility index (Phi) is 4.92. The first-order valence-electron chi connectivity index (χ1n) is 4.25. The van der Waals surface area contributed by atoms with E-state index in [0.717, 1.165) is 17.3 Å². The molecule has 1 rings (SSSR count). The Morgan fingerprint density at radius 2 is 2.00 bits per heavy atom. The molecule has 3 nitrogen and oxygen atoms in total. The summed E-state index contributed by atoms with van der Waals surface area (Å²) >= 11 is 1.14. The van der Waals surface area contributed by atoms with Crippen LogP contribution in [0.25, 0.3) is 0 Å². The van der Waals surface area contributed by atoms with Crippen molar-refractivity contribution in [1.82, 2.24) is 0 Å². The number of phenolic OH excluding ortho intramolecular Hbond substituents is 1. The zero-order valence-corrected chi connectivity index (χ0v) is 15.9. The standard InChI is InChI=1S/C10H13NO2S.Rf/c1-14-10(13)9(11)6-7-2-4-8(12)5-3-7;/h2-5,9,12H,6,11H2,1H3;. The molecule has 1 aromatic carbocycles. The van der Waals surface area contributed by atoms with Gasteiger partial charge in [0.25, 0.3) is 0 Å². The fraction of sp³-hybridized carbons (Fsp3) is 0.300. The number of benzene rings is 1. The van der Waals surface area contributed by atoms with E-state index in [0.29, 0.717) is 6.42 Å². The van der Waals surface area contributed by atoms with Crippen LogP contribution < -0.4 is 5.73 Å². The second kappa shape index (κ2) is 5.67. The average Bonchev–Trinajstić information content (AvgIpc) is 2.20. The molecule has 3 N–H and O–H groups in total. The summed E-state index contributed by atoms with van der Waals surface area (Å²) in [5.74, 6) is 0.221. The number of phenols is 1. The van der Waals surface area contributed by atoms with Crippen LogP contribution in [-0.4, -0.2) is 22.5 Å². The van der Waals surface area contributed by atoms with Crippen LogP contribution in [0.3, 0.4) is 0 Å². The van der Waals surface area contributed by atoms with Gasteiger partial charge in [-0.1, -0.05) is 23.9 Å². The molecule has 0 saturated carbocycles. The molecule has 1 aromatic rings. The average molecular weight is 478 g/mol. The molecule has 1 unspecified atom stereocenters. The predicted octanol–water partition coefficient (Wildman–Crippen LogP) is 1.15. The maximum atomic E-state index is 11.2. The van der Waals surface area contributed by atoms with E-state index in [4.69, 9.17) is 10.8 Å². The van der Waals surface area contributed by atoms with Crippen LogP contribution in [0.1, 0.15) is 5.56 Å². The van der Waals surface area contributed by atoms with E-state index in [1.54, 1.807) is 30.5 Å². The first-order chi connectivity index (χ1) is 6.63. The molecule has 0 aliphatic rings. The smallest absolute Gasteiger partial charge is 0.205 e. The minimum Gasteiger partial charge on any atom is -0.508 e. The number of nitrogens with two attached hydrogens (primary N) is 1. The number of hydrogen-bond donors (Lipinski definition) is 2. The van der Waals surface area contributed by atoms with Crippen molar-refractivity contribution >= 4 is 16.9 Å². The normalized spacial score (nSPS) is 11.6. The van der Waals surface area contributed by atoms with Gasteiger partial charge in [0.15, 0.2) is 0 Å².